The van der Waals surface area contributed by atoms with E-state index in [2.05, 4.69) is 0 Å². The van der Waals surface area contributed by atoms with E-state index in [-0.39, 0.29) is 50.8 Å². The normalized spacial score (nSPS) is 35.6. The molecule has 0 aromatic heterocycles. The number of rotatable bonds is 4. The van der Waals surface area contributed by atoms with E-state index in [9.17, 15) is 19.7 Å². The minimum absolute atomic E-state index is 0. The van der Waals surface area contributed by atoms with Crippen molar-refractivity contribution in [3.05, 3.63) is 6.61 Å². The molecule has 0 aliphatic carbocycles. The molecule has 2 fully saturated rings. The van der Waals surface area contributed by atoms with E-state index in [0.717, 1.165) is 6.61 Å². The SMILES string of the molecule is O=P([O-])(OC[C@H]1O[CH-]C(O)C1O)N1CCOCC1.[U+2]. The third-order valence-corrected chi connectivity index (χ3v) is 4.43. The average molecular weight is 519 g/mol. The Balaban J connectivity index is 0.00000180. The smallest absolute Gasteiger partial charge is 0.766 e. The van der Waals surface area contributed by atoms with Crippen molar-refractivity contribution < 1.29 is 64.8 Å². The largest absolute Gasteiger partial charge is 2.00 e. The summed E-state index contributed by atoms with van der Waals surface area (Å²) >= 11 is 0. The predicted molar refractivity (Wildman–Crippen MR) is 57.1 cm³/mol. The molecule has 2 rings (SSSR count). The molecule has 2 N–H and O–H groups in total. The number of morpholine rings is 1. The van der Waals surface area contributed by atoms with Crippen molar-refractivity contribution in [2.45, 2.75) is 18.3 Å². The van der Waals surface area contributed by atoms with Crippen molar-refractivity contribution in [1.29, 1.82) is 0 Å². The van der Waals surface area contributed by atoms with Crippen LogP contribution in [0.25, 0.3) is 0 Å². The molecule has 4 atom stereocenters. The first kappa shape index (κ1) is 18.1. The maximum Gasteiger partial charge on any atom is 2.00 e. The maximum atomic E-state index is 11.8. The Morgan fingerprint density at radius 1 is 1.42 bits per heavy atom. The molecule has 2 aliphatic rings. The summed E-state index contributed by atoms with van der Waals surface area (Å²) in [6.07, 6.45) is -3.16. The molecule has 0 saturated carbocycles. The van der Waals surface area contributed by atoms with Crippen molar-refractivity contribution >= 4 is 7.75 Å². The second-order valence-corrected chi connectivity index (χ2v) is 5.88. The third-order valence-electron chi connectivity index (χ3n) is 2.86. The van der Waals surface area contributed by atoms with Gasteiger partial charge in [-0.1, -0.05) is 0 Å². The second-order valence-electron chi connectivity index (χ2n) is 4.12. The molecule has 19 heavy (non-hydrogen) atoms. The average Bonchev–Trinajstić information content (AvgIpc) is 2.69. The fourth-order valence-corrected chi connectivity index (χ4v) is 2.90. The zero-order chi connectivity index (χ0) is 13.2. The number of hydrogen-bond acceptors (Lipinski definition) is 7. The number of hydrogen-bond donors (Lipinski definition) is 2. The number of nitrogens with zero attached hydrogens (tertiary/aromatic N) is 1. The van der Waals surface area contributed by atoms with Crippen LogP contribution in [0.1, 0.15) is 0 Å². The van der Waals surface area contributed by atoms with Gasteiger partial charge >= 0.3 is 31.1 Å². The molecule has 10 heteroatoms. The molecule has 2 saturated heterocycles. The molecule has 0 spiro atoms. The molecule has 0 amide bonds. The fourth-order valence-electron chi connectivity index (χ4n) is 1.75. The van der Waals surface area contributed by atoms with E-state index in [1.165, 1.54) is 4.67 Å². The third kappa shape index (κ3) is 4.75. The van der Waals surface area contributed by atoms with Crippen LogP contribution in [0.15, 0.2) is 0 Å². The monoisotopic (exact) mass is 519 g/mol. The summed E-state index contributed by atoms with van der Waals surface area (Å²) in [5.74, 6) is 0. The van der Waals surface area contributed by atoms with E-state index in [1.54, 1.807) is 0 Å². The van der Waals surface area contributed by atoms with Crippen LogP contribution in [0.2, 0.25) is 0 Å². The van der Waals surface area contributed by atoms with Gasteiger partial charge in [0.25, 0.3) is 0 Å². The van der Waals surface area contributed by atoms with Gasteiger partial charge in [-0.15, -0.1) is 0 Å². The molecule has 3 unspecified atom stereocenters. The van der Waals surface area contributed by atoms with Crippen LogP contribution in [0.5, 0.6) is 0 Å². The van der Waals surface area contributed by atoms with E-state index in [4.69, 9.17) is 14.0 Å². The fraction of sp³-hybridized carbons (Fsp3) is 0.889. The maximum absolute atomic E-state index is 11.8. The van der Waals surface area contributed by atoms with Gasteiger partial charge in [-0.2, -0.15) is 6.61 Å². The summed E-state index contributed by atoms with van der Waals surface area (Å²) in [5.41, 5.74) is 0. The molecular formula is C9H16NO7PU. The molecule has 2 heterocycles. The molecule has 0 radical (unpaired) electrons. The van der Waals surface area contributed by atoms with Gasteiger partial charge in [0, 0.05) is 13.1 Å². The van der Waals surface area contributed by atoms with Crippen molar-refractivity contribution in [1.82, 2.24) is 4.67 Å². The topological polar surface area (TPSA) is 112 Å². The van der Waals surface area contributed by atoms with Crippen LogP contribution < -0.4 is 4.89 Å². The molecule has 0 bridgehead atoms. The van der Waals surface area contributed by atoms with Gasteiger partial charge in [-0.3, -0.25) is 4.57 Å². The van der Waals surface area contributed by atoms with Crippen LogP contribution >= 0.6 is 7.75 Å². The molecule has 0 aromatic carbocycles. The van der Waals surface area contributed by atoms with Crippen molar-refractivity contribution in [3.63, 3.8) is 0 Å². The Kier molecular flexibility index (Phi) is 7.46. The first-order valence-corrected chi connectivity index (χ1v) is 7.14. The summed E-state index contributed by atoms with van der Waals surface area (Å²) in [6, 6.07) is 0. The molecule has 2 aliphatic heterocycles. The Bertz CT molecular complexity index is 328. The first-order valence-electron chi connectivity index (χ1n) is 5.64. The second kappa shape index (κ2) is 7.85. The summed E-state index contributed by atoms with van der Waals surface area (Å²) < 4.78 is 27.8. The summed E-state index contributed by atoms with van der Waals surface area (Å²) in [7, 11) is -4.15. The van der Waals surface area contributed by atoms with Crippen LogP contribution in [0, 0.1) is 37.7 Å². The van der Waals surface area contributed by atoms with Crippen molar-refractivity contribution in [2.24, 2.45) is 0 Å². The summed E-state index contributed by atoms with van der Waals surface area (Å²) in [6.45, 7) is 1.92. The van der Waals surface area contributed by atoms with Crippen molar-refractivity contribution in [2.75, 3.05) is 32.9 Å². The van der Waals surface area contributed by atoms with E-state index < -0.39 is 26.1 Å². The van der Waals surface area contributed by atoms with Crippen molar-refractivity contribution in [3.8, 4) is 0 Å². The predicted octanol–water partition coefficient (Wildman–Crippen LogP) is -1.91. The zero-order valence-electron chi connectivity index (χ0n) is 10.2. The van der Waals surface area contributed by atoms with Crippen LogP contribution in [0.3, 0.4) is 0 Å². The quantitative estimate of drug-likeness (QED) is 0.327. The summed E-state index contributed by atoms with van der Waals surface area (Å²) in [4.78, 5) is 11.8. The first-order chi connectivity index (χ1) is 8.50. The Labute approximate surface area is 135 Å². The van der Waals surface area contributed by atoms with E-state index in [0.29, 0.717) is 13.2 Å². The minimum Gasteiger partial charge on any atom is -0.766 e. The number of ether oxygens (including phenoxy) is 2. The van der Waals surface area contributed by atoms with Gasteiger partial charge in [-0.05, 0) is 6.10 Å². The van der Waals surface area contributed by atoms with Gasteiger partial charge in [0.2, 0.25) is 7.75 Å². The van der Waals surface area contributed by atoms with Crippen LogP contribution in [0.4, 0.5) is 0 Å². The Morgan fingerprint density at radius 2 is 2.05 bits per heavy atom. The van der Waals surface area contributed by atoms with Crippen LogP contribution in [-0.4, -0.2) is 66.1 Å². The van der Waals surface area contributed by atoms with Gasteiger partial charge in [-0.25, -0.2) is 4.67 Å². The van der Waals surface area contributed by atoms with Gasteiger partial charge in [0.1, 0.15) is 0 Å². The van der Waals surface area contributed by atoms with E-state index >= 15 is 0 Å². The Hall–Kier alpha value is 1.00. The Morgan fingerprint density at radius 3 is 2.58 bits per heavy atom. The number of aliphatic hydroxyl groups is 2. The van der Waals surface area contributed by atoms with Gasteiger partial charge in [0.05, 0.1) is 32.0 Å². The van der Waals surface area contributed by atoms with Crippen LogP contribution in [-0.2, 0) is 18.6 Å². The molecule has 108 valence electrons. The molecule has 8 nitrogen and oxygen atoms in total. The van der Waals surface area contributed by atoms with E-state index in [1.807, 2.05) is 0 Å². The van der Waals surface area contributed by atoms with Gasteiger partial charge in [0.15, 0.2) is 0 Å². The van der Waals surface area contributed by atoms with Gasteiger partial charge < -0.3 is 29.1 Å². The standard InChI is InChI=1S/C9H17NO7P.U/c11-7-5-16-8(9(7)12)6-17-18(13,14)10-1-3-15-4-2-10;/h5,7-9,11-12H,1-4,6H2,(H,13,14);/q-1;+2/p-1/t7?,8-,9?;/m1./s1. The minimum atomic E-state index is -4.15. The zero-order valence-corrected chi connectivity index (χ0v) is 15.2. The molecular weight excluding hydrogens is 503 g/mol. The molecule has 0 aromatic rings. The summed E-state index contributed by atoms with van der Waals surface area (Å²) in [5, 5.41) is 18.6. The number of aliphatic hydroxyl groups excluding tert-OH is 2.